The third kappa shape index (κ3) is 3.50. The highest BCUT2D eigenvalue weighted by molar-refractivity contribution is 5.39. The van der Waals surface area contributed by atoms with E-state index in [1.54, 1.807) is 6.08 Å². The molecule has 0 bridgehead atoms. The van der Waals surface area contributed by atoms with Gasteiger partial charge in [0.15, 0.2) is 0 Å². The normalized spacial score (nSPS) is 11.7. The number of rotatable bonds is 7. The largest absolute Gasteiger partial charge is 0.395 e. The Morgan fingerprint density at radius 2 is 1.43 bits per heavy atom. The second-order valence-corrected chi connectivity index (χ2v) is 5.17. The second kappa shape index (κ2) is 7.61. The predicted molar refractivity (Wildman–Crippen MR) is 89.3 cm³/mol. The van der Waals surface area contributed by atoms with Gasteiger partial charge in [-0.3, -0.25) is 0 Å². The lowest BCUT2D eigenvalue weighted by atomic mass is 9.72. The molecule has 0 saturated carbocycles. The zero-order chi connectivity index (χ0) is 15.0. The molecular formula is C20H22O. The molecule has 0 heterocycles. The van der Waals surface area contributed by atoms with Crippen molar-refractivity contribution in [1.29, 1.82) is 0 Å². The van der Waals surface area contributed by atoms with Crippen molar-refractivity contribution in [2.24, 2.45) is 0 Å². The Labute approximate surface area is 127 Å². The van der Waals surface area contributed by atoms with E-state index in [-0.39, 0.29) is 12.0 Å². The molecule has 2 aromatic rings. The standard InChI is InChI=1S/C20H22O/c1-2-3-4-11-16-20(17-21,18-12-7-5-8-13-18)19-14-9-6-10-15-19/h2-10,12-15,21H,1,11,16-17H2/b4-3+. The minimum Gasteiger partial charge on any atom is -0.395 e. The summed E-state index contributed by atoms with van der Waals surface area (Å²) in [6.07, 6.45) is 7.60. The SMILES string of the molecule is C=C/C=C/CCC(CO)(c1ccccc1)c1ccccc1. The van der Waals surface area contributed by atoms with E-state index in [1.807, 2.05) is 42.5 Å². The lowest BCUT2D eigenvalue weighted by molar-refractivity contribution is 0.212. The smallest absolute Gasteiger partial charge is 0.0568 e. The molecule has 1 N–H and O–H groups in total. The zero-order valence-electron chi connectivity index (χ0n) is 12.3. The van der Waals surface area contributed by atoms with Crippen molar-refractivity contribution in [1.82, 2.24) is 0 Å². The van der Waals surface area contributed by atoms with E-state index in [2.05, 4.69) is 36.9 Å². The van der Waals surface area contributed by atoms with Crippen LogP contribution in [-0.4, -0.2) is 11.7 Å². The Hall–Kier alpha value is -2.12. The molecule has 0 atom stereocenters. The van der Waals surface area contributed by atoms with Crippen LogP contribution in [0.2, 0.25) is 0 Å². The third-order valence-electron chi connectivity index (χ3n) is 3.93. The van der Waals surface area contributed by atoms with Crippen molar-refractivity contribution >= 4 is 0 Å². The molecule has 2 rings (SSSR count). The summed E-state index contributed by atoms with van der Waals surface area (Å²) < 4.78 is 0. The average Bonchev–Trinajstić information content (AvgIpc) is 2.57. The van der Waals surface area contributed by atoms with Crippen LogP contribution < -0.4 is 0 Å². The molecule has 0 aliphatic rings. The van der Waals surface area contributed by atoms with Gasteiger partial charge in [0.1, 0.15) is 0 Å². The van der Waals surface area contributed by atoms with Crippen molar-refractivity contribution in [3.05, 3.63) is 96.6 Å². The summed E-state index contributed by atoms with van der Waals surface area (Å²) >= 11 is 0. The number of hydrogen-bond donors (Lipinski definition) is 1. The van der Waals surface area contributed by atoms with Crippen molar-refractivity contribution in [2.45, 2.75) is 18.3 Å². The Balaban J connectivity index is 2.41. The fourth-order valence-corrected chi connectivity index (χ4v) is 2.75. The van der Waals surface area contributed by atoms with E-state index >= 15 is 0 Å². The van der Waals surface area contributed by atoms with Crippen molar-refractivity contribution in [3.63, 3.8) is 0 Å². The fraction of sp³-hybridized carbons (Fsp3) is 0.200. The van der Waals surface area contributed by atoms with Crippen LogP contribution in [0.25, 0.3) is 0 Å². The van der Waals surface area contributed by atoms with E-state index in [0.29, 0.717) is 0 Å². The second-order valence-electron chi connectivity index (χ2n) is 5.17. The summed E-state index contributed by atoms with van der Waals surface area (Å²) in [7, 11) is 0. The van der Waals surface area contributed by atoms with Gasteiger partial charge in [-0.2, -0.15) is 0 Å². The molecule has 108 valence electrons. The summed E-state index contributed by atoms with van der Waals surface area (Å²) in [5.41, 5.74) is 1.96. The summed E-state index contributed by atoms with van der Waals surface area (Å²) in [6, 6.07) is 20.5. The highest BCUT2D eigenvalue weighted by atomic mass is 16.3. The Bertz CT molecular complexity index is 530. The number of benzene rings is 2. The molecule has 1 nitrogen and oxygen atoms in total. The minimum atomic E-state index is -0.353. The van der Waals surface area contributed by atoms with Gasteiger partial charge in [-0.25, -0.2) is 0 Å². The molecule has 0 aromatic heterocycles. The molecule has 21 heavy (non-hydrogen) atoms. The van der Waals surface area contributed by atoms with Crippen LogP contribution in [0.5, 0.6) is 0 Å². The molecule has 0 radical (unpaired) electrons. The van der Waals surface area contributed by atoms with E-state index in [4.69, 9.17) is 0 Å². The molecule has 1 heteroatoms. The highest BCUT2D eigenvalue weighted by Crippen LogP contribution is 2.36. The first-order valence-electron chi connectivity index (χ1n) is 7.33. The molecular weight excluding hydrogens is 256 g/mol. The van der Waals surface area contributed by atoms with Gasteiger partial charge >= 0.3 is 0 Å². The van der Waals surface area contributed by atoms with Crippen LogP contribution >= 0.6 is 0 Å². The lowest BCUT2D eigenvalue weighted by Crippen LogP contribution is -2.32. The first-order valence-corrected chi connectivity index (χ1v) is 7.33. The van der Waals surface area contributed by atoms with Gasteiger partial charge < -0.3 is 5.11 Å². The Kier molecular flexibility index (Phi) is 5.53. The van der Waals surface area contributed by atoms with Crippen molar-refractivity contribution in [2.75, 3.05) is 6.61 Å². The molecule has 0 aliphatic carbocycles. The van der Waals surface area contributed by atoms with Gasteiger partial charge in [-0.15, -0.1) is 0 Å². The van der Waals surface area contributed by atoms with E-state index in [1.165, 1.54) is 0 Å². The van der Waals surface area contributed by atoms with Crippen LogP contribution in [0.1, 0.15) is 24.0 Å². The molecule has 2 aromatic carbocycles. The highest BCUT2D eigenvalue weighted by Gasteiger charge is 2.32. The van der Waals surface area contributed by atoms with Crippen LogP contribution in [0.3, 0.4) is 0 Å². The molecule has 0 fully saturated rings. The monoisotopic (exact) mass is 278 g/mol. The van der Waals surface area contributed by atoms with Crippen molar-refractivity contribution < 1.29 is 5.11 Å². The van der Waals surface area contributed by atoms with Gasteiger partial charge in [0.05, 0.1) is 6.61 Å². The Morgan fingerprint density at radius 3 is 1.86 bits per heavy atom. The predicted octanol–water partition coefficient (Wildman–Crippen LogP) is 4.49. The van der Waals surface area contributed by atoms with Crippen LogP contribution in [-0.2, 0) is 5.41 Å². The van der Waals surface area contributed by atoms with Gasteiger partial charge in [-0.1, -0.05) is 85.5 Å². The summed E-state index contributed by atoms with van der Waals surface area (Å²) in [4.78, 5) is 0. The molecule has 0 spiro atoms. The van der Waals surface area contributed by atoms with Gasteiger partial charge in [0.25, 0.3) is 0 Å². The average molecular weight is 278 g/mol. The maximum atomic E-state index is 10.2. The summed E-state index contributed by atoms with van der Waals surface area (Å²) in [5, 5.41) is 10.2. The van der Waals surface area contributed by atoms with Crippen molar-refractivity contribution in [3.8, 4) is 0 Å². The molecule has 0 aliphatic heterocycles. The van der Waals surface area contributed by atoms with Gasteiger partial charge in [-0.05, 0) is 24.0 Å². The number of hydrogen-bond acceptors (Lipinski definition) is 1. The quantitative estimate of drug-likeness (QED) is 0.740. The number of allylic oxidation sites excluding steroid dienone is 3. The maximum absolute atomic E-state index is 10.2. The van der Waals surface area contributed by atoms with E-state index in [0.717, 1.165) is 24.0 Å². The van der Waals surface area contributed by atoms with Gasteiger partial charge in [0, 0.05) is 5.41 Å². The third-order valence-corrected chi connectivity index (χ3v) is 3.93. The summed E-state index contributed by atoms with van der Waals surface area (Å²) in [6.45, 7) is 3.80. The Morgan fingerprint density at radius 1 is 0.905 bits per heavy atom. The van der Waals surface area contributed by atoms with Gasteiger partial charge in [0.2, 0.25) is 0 Å². The summed E-state index contributed by atoms with van der Waals surface area (Å²) in [5.74, 6) is 0. The van der Waals surface area contributed by atoms with E-state index < -0.39 is 0 Å². The van der Waals surface area contributed by atoms with Crippen LogP contribution in [0.15, 0.2) is 85.5 Å². The van der Waals surface area contributed by atoms with E-state index in [9.17, 15) is 5.11 Å². The molecule has 0 unspecified atom stereocenters. The molecule has 0 amide bonds. The fourth-order valence-electron chi connectivity index (χ4n) is 2.75. The first kappa shape index (κ1) is 15.3. The topological polar surface area (TPSA) is 20.2 Å². The number of aliphatic hydroxyl groups excluding tert-OH is 1. The van der Waals surface area contributed by atoms with Crippen LogP contribution in [0, 0.1) is 0 Å². The number of aliphatic hydroxyl groups is 1. The molecule has 0 saturated heterocycles. The lowest BCUT2D eigenvalue weighted by Gasteiger charge is -2.33. The maximum Gasteiger partial charge on any atom is 0.0568 e. The first-order chi connectivity index (χ1) is 10.3. The zero-order valence-corrected chi connectivity index (χ0v) is 12.3. The van der Waals surface area contributed by atoms with Crippen LogP contribution in [0.4, 0.5) is 0 Å². The minimum absolute atomic E-state index is 0.100.